The minimum atomic E-state index is -2.86. The molecule has 6 heteroatoms. The van der Waals surface area contributed by atoms with Crippen molar-refractivity contribution in [1.29, 1.82) is 0 Å². The van der Waals surface area contributed by atoms with Gasteiger partial charge in [-0.3, -0.25) is 4.79 Å². The van der Waals surface area contributed by atoms with Gasteiger partial charge in [0, 0.05) is 17.6 Å². The normalized spacial score (nSPS) is 16.0. The summed E-state index contributed by atoms with van der Waals surface area (Å²) in [5.41, 5.74) is 0.604. The molecule has 1 saturated carbocycles. The molecule has 1 amide bonds. The van der Waals surface area contributed by atoms with Crippen molar-refractivity contribution in [2.24, 2.45) is 0 Å². The Morgan fingerprint density at radius 2 is 2.10 bits per heavy atom. The third-order valence-electron chi connectivity index (χ3n) is 3.11. The Bertz CT molecular complexity index is 464. The van der Waals surface area contributed by atoms with Gasteiger partial charge in [0.05, 0.1) is 6.54 Å². The van der Waals surface area contributed by atoms with E-state index in [9.17, 15) is 13.6 Å². The molecule has 110 valence electrons. The van der Waals surface area contributed by atoms with Crippen molar-refractivity contribution in [3.8, 4) is 5.75 Å². The van der Waals surface area contributed by atoms with E-state index in [1.807, 2.05) is 0 Å². The summed E-state index contributed by atoms with van der Waals surface area (Å²) in [7, 11) is 0. The van der Waals surface area contributed by atoms with E-state index in [1.165, 1.54) is 6.07 Å². The van der Waals surface area contributed by atoms with E-state index >= 15 is 0 Å². The monoisotopic (exact) mass is 284 g/mol. The molecule has 0 aromatic heterocycles. The van der Waals surface area contributed by atoms with Crippen LogP contribution < -0.4 is 15.4 Å². The fourth-order valence-electron chi connectivity index (χ4n) is 1.90. The summed E-state index contributed by atoms with van der Waals surface area (Å²) in [5, 5.41) is 5.86. The first kappa shape index (κ1) is 14.7. The number of hydrogen-bond donors (Lipinski definition) is 2. The van der Waals surface area contributed by atoms with Crippen molar-refractivity contribution in [2.45, 2.75) is 38.5 Å². The summed E-state index contributed by atoms with van der Waals surface area (Å²) in [5.74, 6) is 0.0525. The second kappa shape index (κ2) is 6.65. The number of nitrogens with one attached hydrogen (secondary N) is 2. The molecule has 4 nitrogen and oxygen atoms in total. The van der Waals surface area contributed by atoms with Crippen molar-refractivity contribution in [2.75, 3.05) is 6.54 Å². The van der Waals surface area contributed by atoms with E-state index in [2.05, 4.69) is 15.4 Å². The summed E-state index contributed by atoms with van der Waals surface area (Å²) >= 11 is 0. The lowest BCUT2D eigenvalue weighted by atomic mass is 10.1. The average molecular weight is 284 g/mol. The van der Waals surface area contributed by atoms with Gasteiger partial charge in [-0.2, -0.15) is 8.78 Å². The van der Waals surface area contributed by atoms with E-state index in [0.29, 0.717) is 11.6 Å². The topological polar surface area (TPSA) is 50.4 Å². The largest absolute Gasteiger partial charge is 0.434 e. The Labute approximate surface area is 116 Å². The van der Waals surface area contributed by atoms with E-state index in [-0.39, 0.29) is 24.2 Å². The van der Waals surface area contributed by atoms with Crippen LogP contribution in [0.2, 0.25) is 0 Å². The van der Waals surface area contributed by atoms with E-state index in [1.54, 1.807) is 25.1 Å². The Morgan fingerprint density at radius 3 is 2.75 bits per heavy atom. The second-order valence-corrected chi connectivity index (χ2v) is 4.86. The van der Waals surface area contributed by atoms with Gasteiger partial charge in [0.15, 0.2) is 0 Å². The Kier molecular flexibility index (Phi) is 4.89. The third-order valence-corrected chi connectivity index (χ3v) is 3.11. The zero-order chi connectivity index (χ0) is 14.5. The molecular formula is C14H18F2N2O2. The maximum atomic E-state index is 12.3. The van der Waals surface area contributed by atoms with Crippen LogP contribution in [-0.2, 0) is 4.79 Å². The summed E-state index contributed by atoms with van der Waals surface area (Å²) in [6, 6.07) is 6.63. The molecule has 1 aliphatic carbocycles. The Morgan fingerprint density at radius 1 is 1.40 bits per heavy atom. The van der Waals surface area contributed by atoms with E-state index in [4.69, 9.17) is 0 Å². The maximum absolute atomic E-state index is 12.3. The summed E-state index contributed by atoms with van der Waals surface area (Å²) < 4.78 is 29.1. The number of carbonyl (C=O) groups is 1. The number of benzene rings is 1. The van der Waals surface area contributed by atoms with Crippen molar-refractivity contribution >= 4 is 5.91 Å². The van der Waals surface area contributed by atoms with Crippen LogP contribution in [0.25, 0.3) is 0 Å². The van der Waals surface area contributed by atoms with Gasteiger partial charge in [0.1, 0.15) is 5.75 Å². The lowest BCUT2D eigenvalue weighted by Gasteiger charge is -2.17. The van der Waals surface area contributed by atoms with Gasteiger partial charge in [0.25, 0.3) is 0 Å². The highest BCUT2D eigenvalue weighted by molar-refractivity contribution is 5.78. The van der Waals surface area contributed by atoms with Crippen molar-refractivity contribution in [3.63, 3.8) is 0 Å². The molecule has 0 saturated heterocycles. The number of rotatable bonds is 7. The zero-order valence-electron chi connectivity index (χ0n) is 11.2. The fraction of sp³-hybridized carbons (Fsp3) is 0.500. The van der Waals surface area contributed by atoms with Crippen LogP contribution >= 0.6 is 0 Å². The van der Waals surface area contributed by atoms with Crippen molar-refractivity contribution in [1.82, 2.24) is 10.6 Å². The first-order valence-electron chi connectivity index (χ1n) is 6.62. The molecule has 1 aromatic carbocycles. The minimum absolute atomic E-state index is 0.0772. The lowest BCUT2D eigenvalue weighted by molar-refractivity contribution is -0.120. The lowest BCUT2D eigenvalue weighted by Crippen LogP contribution is -2.36. The predicted octanol–water partition coefficient (Wildman–Crippen LogP) is 2.22. The first-order chi connectivity index (χ1) is 9.56. The fourth-order valence-corrected chi connectivity index (χ4v) is 1.90. The van der Waals surface area contributed by atoms with Gasteiger partial charge >= 0.3 is 6.61 Å². The van der Waals surface area contributed by atoms with Crippen LogP contribution in [0.1, 0.15) is 31.4 Å². The molecular weight excluding hydrogens is 266 g/mol. The average Bonchev–Trinajstić information content (AvgIpc) is 3.20. The molecule has 0 spiro atoms. The number of para-hydroxylation sites is 1. The predicted molar refractivity (Wildman–Crippen MR) is 70.7 cm³/mol. The molecule has 20 heavy (non-hydrogen) atoms. The number of alkyl halides is 2. The Hall–Kier alpha value is -1.69. The molecule has 1 aliphatic rings. The highest BCUT2D eigenvalue weighted by atomic mass is 19.3. The molecule has 2 rings (SSSR count). The third kappa shape index (κ3) is 4.45. The summed E-state index contributed by atoms with van der Waals surface area (Å²) in [6.07, 6.45) is 2.07. The number of carbonyl (C=O) groups excluding carboxylic acids is 1. The zero-order valence-corrected chi connectivity index (χ0v) is 11.2. The standard InChI is InChI=1S/C14H18F2N2O2/c1-9(17-8-13(19)18-10-6-7-10)11-4-2-3-5-12(11)20-14(15)16/h2-5,9-10,14,17H,6-8H2,1H3,(H,18,19). The van der Waals surface area contributed by atoms with Crippen LogP contribution in [0.4, 0.5) is 8.78 Å². The molecule has 1 aromatic rings. The number of amides is 1. The van der Waals surface area contributed by atoms with Gasteiger partial charge in [0.2, 0.25) is 5.91 Å². The molecule has 0 bridgehead atoms. The van der Waals surface area contributed by atoms with Crippen molar-refractivity contribution in [3.05, 3.63) is 29.8 Å². The summed E-state index contributed by atoms with van der Waals surface area (Å²) in [6.45, 7) is -0.903. The highest BCUT2D eigenvalue weighted by Crippen LogP contribution is 2.26. The molecule has 2 N–H and O–H groups in total. The molecule has 1 unspecified atom stereocenters. The van der Waals surface area contributed by atoms with Gasteiger partial charge in [-0.25, -0.2) is 0 Å². The molecule has 1 fully saturated rings. The van der Waals surface area contributed by atoms with Crippen LogP contribution in [-0.4, -0.2) is 25.1 Å². The molecule has 1 atom stereocenters. The van der Waals surface area contributed by atoms with E-state index in [0.717, 1.165) is 12.8 Å². The number of halogens is 2. The quantitative estimate of drug-likeness (QED) is 0.807. The molecule has 0 heterocycles. The van der Waals surface area contributed by atoms with Gasteiger partial charge in [-0.15, -0.1) is 0 Å². The minimum Gasteiger partial charge on any atom is -0.434 e. The number of hydrogen-bond acceptors (Lipinski definition) is 3. The Balaban J connectivity index is 1.90. The van der Waals surface area contributed by atoms with Gasteiger partial charge in [-0.1, -0.05) is 18.2 Å². The van der Waals surface area contributed by atoms with E-state index < -0.39 is 6.61 Å². The van der Waals surface area contributed by atoms with Crippen LogP contribution in [0.3, 0.4) is 0 Å². The maximum Gasteiger partial charge on any atom is 0.387 e. The second-order valence-electron chi connectivity index (χ2n) is 4.86. The van der Waals surface area contributed by atoms with Gasteiger partial charge in [-0.05, 0) is 25.8 Å². The first-order valence-corrected chi connectivity index (χ1v) is 6.62. The van der Waals surface area contributed by atoms with Crippen LogP contribution in [0.5, 0.6) is 5.75 Å². The van der Waals surface area contributed by atoms with Crippen LogP contribution in [0.15, 0.2) is 24.3 Å². The highest BCUT2D eigenvalue weighted by Gasteiger charge is 2.23. The molecule has 0 radical (unpaired) electrons. The van der Waals surface area contributed by atoms with Gasteiger partial charge < -0.3 is 15.4 Å². The number of ether oxygens (including phenoxy) is 1. The SMILES string of the molecule is CC(NCC(=O)NC1CC1)c1ccccc1OC(F)F. The van der Waals surface area contributed by atoms with Crippen molar-refractivity contribution < 1.29 is 18.3 Å². The molecule has 0 aliphatic heterocycles. The smallest absolute Gasteiger partial charge is 0.387 e. The summed E-state index contributed by atoms with van der Waals surface area (Å²) in [4.78, 5) is 11.6. The van der Waals surface area contributed by atoms with Crippen LogP contribution in [0, 0.1) is 0 Å².